The van der Waals surface area contributed by atoms with Crippen molar-refractivity contribution in [2.45, 2.75) is 6.92 Å². The molecule has 9 nitrogen and oxygen atoms in total. The van der Waals surface area contributed by atoms with E-state index in [0.717, 1.165) is 0 Å². The number of carboxylic acid groups (broad SMARTS) is 1. The molecule has 140 valence electrons. The Morgan fingerprint density at radius 3 is 2.43 bits per heavy atom. The molecule has 0 unspecified atom stereocenters. The van der Waals surface area contributed by atoms with Gasteiger partial charge in [-0.05, 0) is 24.6 Å². The quantitative estimate of drug-likeness (QED) is 0.304. The van der Waals surface area contributed by atoms with Gasteiger partial charge in [0.1, 0.15) is 0 Å². The van der Waals surface area contributed by atoms with E-state index in [4.69, 9.17) is 0 Å². The first-order valence-electron chi connectivity index (χ1n) is 8.21. The van der Waals surface area contributed by atoms with Crippen LogP contribution in [0, 0.1) is 6.92 Å². The molecule has 0 saturated heterocycles. The van der Waals surface area contributed by atoms with Crippen LogP contribution < -0.4 is 16.1 Å². The van der Waals surface area contributed by atoms with Crippen LogP contribution >= 0.6 is 0 Å². The molecule has 2 N–H and O–H groups in total. The first-order valence-corrected chi connectivity index (χ1v) is 8.21. The van der Waals surface area contributed by atoms with Crippen LogP contribution in [-0.4, -0.2) is 21.8 Å². The topological polar surface area (TPSA) is 135 Å². The van der Waals surface area contributed by atoms with Crippen LogP contribution in [0.2, 0.25) is 0 Å². The van der Waals surface area contributed by atoms with Gasteiger partial charge in [0, 0.05) is 17.3 Å². The summed E-state index contributed by atoms with van der Waals surface area (Å²) in [4.78, 5) is 28.9. The monoisotopic (exact) mass is 375 g/mol. The fourth-order valence-electron chi connectivity index (χ4n) is 2.24. The molecule has 0 amide bonds. The van der Waals surface area contributed by atoms with Crippen molar-refractivity contribution >= 4 is 23.4 Å². The minimum absolute atomic E-state index is 0.0620. The Balaban J connectivity index is 1.88. The number of carbonyl (C=O) groups excluding carboxylic acids is 1. The van der Waals surface area contributed by atoms with E-state index in [9.17, 15) is 14.7 Å². The van der Waals surface area contributed by atoms with Gasteiger partial charge in [-0.25, -0.2) is 4.98 Å². The zero-order valence-corrected chi connectivity index (χ0v) is 14.8. The summed E-state index contributed by atoms with van der Waals surface area (Å²) in [7, 11) is 0. The minimum Gasteiger partial charge on any atom is -0.545 e. The minimum atomic E-state index is -1.26. The zero-order valence-electron chi connectivity index (χ0n) is 14.8. The second-order valence-electron chi connectivity index (χ2n) is 5.69. The van der Waals surface area contributed by atoms with Crippen LogP contribution in [0.1, 0.15) is 21.6 Å². The number of hydrogen-bond acceptors (Lipinski definition) is 7. The Hall–Kier alpha value is -4.14. The van der Waals surface area contributed by atoms with Crippen LogP contribution in [0.15, 0.2) is 80.8 Å². The number of nitrogens with zero attached hydrogens (tertiary/aromatic N) is 4. The molecular weight excluding hydrogens is 360 g/mol. The lowest BCUT2D eigenvalue weighted by Gasteiger charge is -2.05. The number of aryl methyl sites for hydroxylation is 1. The largest absolute Gasteiger partial charge is 0.545 e. The van der Waals surface area contributed by atoms with E-state index >= 15 is 0 Å². The highest BCUT2D eigenvalue weighted by Crippen LogP contribution is 2.11. The van der Waals surface area contributed by atoms with Crippen LogP contribution in [0.25, 0.3) is 0 Å². The number of hydrazone groups is 1. The van der Waals surface area contributed by atoms with Crippen molar-refractivity contribution in [1.82, 2.24) is 9.97 Å². The van der Waals surface area contributed by atoms with Gasteiger partial charge in [-0.15, -0.1) is 10.2 Å². The summed E-state index contributed by atoms with van der Waals surface area (Å²) in [6.45, 7) is 1.68. The zero-order chi connectivity index (χ0) is 19.9. The highest BCUT2D eigenvalue weighted by atomic mass is 16.4. The number of carboxylic acids is 1. The Bertz CT molecular complexity index is 1090. The molecule has 0 atom stereocenters. The number of aromatic amines is 1. The molecule has 0 radical (unpaired) electrons. The van der Waals surface area contributed by atoms with E-state index in [1.165, 1.54) is 18.2 Å². The molecule has 28 heavy (non-hydrogen) atoms. The van der Waals surface area contributed by atoms with E-state index in [1.807, 2.05) is 18.2 Å². The van der Waals surface area contributed by atoms with Gasteiger partial charge in [0.25, 0.3) is 5.56 Å². The van der Waals surface area contributed by atoms with E-state index in [0.29, 0.717) is 16.9 Å². The number of carbonyl (C=O) groups is 1. The molecule has 2 aromatic carbocycles. The van der Waals surface area contributed by atoms with E-state index in [-0.39, 0.29) is 22.9 Å². The number of amidine groups is 1. The van der Waals surface area contributed by atoms with E-state index < -0.39 is 5.97 Å². The summed E-state index contributed by atoms with van der Waals surface area (Å²) in [5.74, 6) is -0.950. The number of aromatic carboxylic acids is 1. The van der Waals surface area contributed by atoms with Gasteiger partial charge in [-0.3, -0.25) is 15.2 Å². The Labute approximate surface area is 159 Å². The molecule has 0 spiro atoms. The highest BCUT2D eigenvalue weighted by Gasteiger charge is 2.04. The first kappa shape index (κ1) is 18.6. The summed E-state index contributed by atoms with van der Waals surface area (Å²) >= 11 is 0. The number of aromatic nitrogens is 2. The fraction of sp³-hybridized carbons (Fsp3) is 0.0526. The van der Waals surface area contributed by atoms with Crippen molar-refractivity contribution in [1.29, 1.82) is 0 Å². The van der Waals surface area contributed by atoms with Crippen LogP contribution in [0.4, 0.5) is 11.6 Å². The third-order valence-corrected chi connectivity index (χ3v) is 3.54. The second kappa shape index (κ2) is 8.49. The lowest BCUT2D eigenvalue weighted by atomic mass is 10.2. The van der Waals surface area contributed by atoms with Crippen molar-refractivity contribution in [3.63, 3.8) is 0 Å². The molecule has 0 fully saturated rings. The predicted molar refractivity (Wildman–Crippen MR) is 101 cm³/mol. The smallest absolute Gasteiger partial charge is 0.252 e. The normalized spacial score (nSPS) is 11.5. The lowest BCUT2D eigenvalue weighted by Crippen LogP contribution is -2.21. The molecular formula is C19H15N6O3-. The number of H-pyrrole nitrogens is 1. The number of nitrogens with one attached hydrogen (secondary N) is 2. The standard InChI is InChI=1S/C19H16N6O3/c1-12-11-16(26)21-19(20-12)25-24-17(13-5-3-2-4-6-13)23-22-15-9-7-14(8-10-15)18(27)28/h2-11,22H,1H3,(H,27,28)(H,20,21,26)/p-1. The van der Waals surface area contributed by atoms with Gasteiger partial charge < -0.3 is 9.90 Å². The van der Waals surface area contributed by atoms with Gasteiger partial charge >= 0.3 is 0 Å². The molecule has 0 bridgehead atoms. The van der Waals surface area contributed by atoms with Crippen molar-refractivity contribution in [3.05, 3.63) is 87.8 Å². The van der Waals surface area contributed by atoms with Crippen LogP contribution in [0.5, 0.6) is 0 Å². The lowest BCUT2D eigenvalue weighted by molar-refractivity contribution is -0.255. The van der Waals surface area contributed by atoms with Crippen LogP contribution in [-0.2, 0) is 0 Å². The highest BCUT2D eigenvalue weighted by molar-refractivity contribution is 5.99. The fourth-order valence-corrected chi connectivity index (χ4v) is 2.24. The number of rotatable bonds is 5. The maximum Gasteiger partial charge on any atom is 0.252 e. The number of hydrogen-bond donors (Lipinski definition) is 2. The van der Waals surface area contributed by atoms with Gasteiger partial charge in [-0.2, -0.15) is 5.10 Å². The van der Waals surface area contributed by atoms with Gasteiger partial charge in [0.15, 0.2) is 0 Å². The maximum absolute atomic E-state index is 11.5. The summed E-state index contributed by atoms with van der Waals surface area (Å²) in [5.41, 5.74) is 4.28. The number of benzene rings is 2. The molecule has 1 heterocycles. The summed E-state index contributed by atoms with van der Waals surface area (Å²) < 4.78 is 0. The average Bonchev–Trinajstić information content (AvgIpc) is 2.68. The number of azo groups is 1. The average molecular weight is 375 g/mol. The third kappa shape index (κ3) is 4.94. The Kier molecular flexibility index (Phi) is 5.66. The first-order chi connectivity index (χ1) is 13.5. The summed E-state index contributed by atoms with van der Waals surface area (Å²) in [6.07, 6.45) is 0. The Morgan fingerprint density at radius 1 is 1.07 bits per heavy atom. The molecule has 1 aromatic heterocycles. The Morgan fingerprint density at radius 2 is 1.79 bits per heavy atom. The van der Waals surface area contributed by atoms with Crippen molar-refractivity contribution in [3.8, 4) is 0 Å². The molecule has 9 heteroatoms. The van der Waals surface area contributed by atoms with Gasteiger partial charge in [0.2, 0.25) is 11.8 Å². The molecule has 0 aliphatic rings. The van der Waals surface area contributed by atoms with E-state index in [1.54, 1.807) is 31.2 Å². The van der Waals surface area contributed by atoms with Gasteiger partial charge in [-0.1, -0.05) is 42.5 Å². The predicted octanol–water partition coefficient (Wildman–Crippen LogP) is 2.00. The SMILES string of the molecule is Cc1cc(=O)[nH]c(N=NC(=NNc2ccc(C(=O)[O-])cc2)c2ccccc2)n1. The summed E-state index contributed by atoms with van der Waals surface area (Å²) in [5, 5.41) is 23.1. The van der Waals surface area contributed by atoms with Crippen molar-refractivity contribution < 1.29 is 9.90 Å². The number of anilines is 1. The van der Waals surface area contributed by atoms with E-state index in [2.05, 4.69) is 30.7 Å². The third-order valence-electron chi connectivity index (χ3n) is 3.54. The van der Waals surface area contributed by atoms with Crippen molar-refractivity contribution in [2.75, 3.05) is 5.43 Å². The molecule has 0 aliphatic heterocycles. The molecule has 0 aliphatic carbocycles. The molecule has 3 aromatic rings. The van der Waals surface area contributed by atoms with Crippen molar-refractivity contribution in [2.24, 2.45) is 15.3 Å². The maximum atomic E-state index is 11.5. The molecule has 0 saturated carbocycles. The summed E-state index contributed by atoms with van der Waals surface area (Å²) in [6, 6.07) is 16.3. The van der Waals surface area contributed by atoms with Gasteiger partial charge in [0.05, 0.1) is 11.7 Å². The second-order valence-corrected chi connectivity index (χ2v) is 5.69. The van der Waals surface area contributed by atoms with Crippen LogP contribution in [0.3, 0.4) is 0 Å². The molecule has 3 rings (SSSR count).